The summed E-state index contributed by atoms with van der Waals surface area (Å²) in [5.74, 6) is -5.31. The second-order valence-corrected chi connectivity index (χ2v) is 5.77. The molecule has 1 rings (SSSR count). The van der Waals surface area contributed by atoms with Crippen LogP contribution in [0.1, 0.15) is 26.3 Å². The molecule has 128 valence electrons. The summed E-state index contributed by atoms with van der Waals surface area (Å²) in [5, 5.41) is 2.78. The van der Waals surface area contributed by atoms with Crippen molar-refractivity contribution in [3.8, 4) is 0 Å². The van der Waals surface area contributed by atoms with E-state index in [0.717, 1.165) is 26.3 Å². The third kappa shape index (κ3) is 5.17. The number of halogens is 2. The number of carbonyl (C=O) groups is 2. The predicted molar refractivity (Wildman–Crippen MR) is 80.0 cm³/mol. The van der Waals surface area contributed by atoms with E-state index in [1.165, 1.54) is 12.1 Å². The molecule has 23 heavy (non-hydrogen) atoms. The maximum absolute atomic E-state index is 14.2. The molecule has 1 aromatic rings. The average molecular weight is 330 g/mol. The summed E-state index contributed by atoms with van der Waals surface area (Å²) in [7, 11) is 2.19. The molecule has 0 radical (unpaired) electrons. The Labute approximate surface area is 133 Å². The second kappa shape index (κ2) is 6.91. The number of nitrogens with one attached hydrogen (secondary N) is 1. The molecule has 0 heterocycles. The van der Waals surface area contributed by atoms with Gasteiger partial charge in [-0.05, 0) is 32.9 Å². The molecule has 0 fully saturated rings. The number of rotatable bonds is 4. The van der Waals surface area contributed by atoms with Gasteiger partial charge in [0.15, 0.2) is 0 Å². The molecule has 0 aliphatic rings. The van der Waals surface area contributed by atoms with E-state index in [-0.39, 0.29) is 5.69 Å². The first-order chi connectivity index (χ1) is 10.5. The first-order valence-corrected chi connectivity index (χ1v) is 6.78. The van der Waals surface area contributed by atoms with Gasteiger partial charge in [0, 0.05) is 18.3 Å². The van der Waals surface area contributed by atoms with Crippen molar-refractivity contribution in [2.75, 3.05) is 19.5 Å². The van der Waals surface area contributed by atoms with Gasteiger partial charge >= 0.3 is 17.9 Å². The van der Waals surface area contributed by atoms with Crippen molar-refractivity contribution >= 4 is 17.7 Å². The Hall–Kier alpha value is -2.22. The lowest BCUT2D eigenvalue weighted by atomic mass is 10.1. The van der Waals surface area contributed by atoms with Crippen LogP contribution in [-0.4, -0.2) is 36.8 Å². The van der Waals surface area contributed by atoms with Crippen LogP contribution in [0.15, 0.2) is 24.3 Å². The zero-order chi connectivity index (χ0) is 17.8. The number of hydroxylamine groups is 2. The summed E-state index contributed by atoms with van der Waals surface area (Å²) in [6.45, 7) is 5.03. The maximum Gasteiger partial charge on any atom is 0.412 e. The van der Waals surface area contributed by atoms with Crippen LogP contribution in [0, 0.1) is 0 Å². The van der Waals surface area contributed by atoms with E-state index >= 15 is 0 Å². The van der Waals surface area contributed by atoms with E-state index < -0.39 is 29.1 Å². The van der Waals surface area contributed by atoms with Gasteiger partial charge in [-0.1, -0.05) is 12.1 Å². The van der Waals surface area contributed by atoms with Gasteiger partial charge in [0.2, 0.25) is 0 Å². The average Bonchev–Trinajstić information content (AvgIpc) is 2.43. The van der Waals surface area contributed by atoms with Crippen molar-refractivity contribution in [3.05, 3.63) is 29.8 Å². The summed E-state index contributed by atoms with van der Waals surface area (Å²) in [6, 6.07) is 4.80. The molecule has 0 aliphatic heterocycles. The van der Waals surface area contributed by atoms with Gasteiger partial charge in [0.05, 0.1) is 7.11 Å². The van der Waals surface area contributed by atoms with Crippen LogP contribution in [-0.2, 0) is 20.3 Å². The Bertz CT molecular complexity index is 585. The smallest absolute Gasteiger partial charge is 0.412 e. The van der Waals surface area contributed by atoms with Crippen LogP contribution >= 0.6 is 0 Å². The van der Waals surface area contributed by atoms with Crippen molar-refractivity contribution in [1.82, 2.24) is 5.06 Å². The highest BCUT2D eigenvalue weighted by Crippen LogP contribution is 2.31. The Morgan fingerprint density at radius 2 is 1.83 bits per heavy atom. The largest absolute Gasteiger partial charge is 0.444 e. The molecule has 2 amide bonds. The number of carbonyl (C=O) groups excluding carboxylic acids is 2. The van der Waals surface area contributed by atoms with Crippen molar-refractivity contribution < 1.29 is 27.9 Å². The molecule has 0 spiro atoms. The van der Waals surface area contributed by atoms with E-state index in [9.17, 15) is 18.4 Å². The minimum Gasteiger partial charge on any atom is -0.444 e. The summed E-state index contributed by atoms with van der Waals surface area (Å²) < 4.78 is 33.4. The molecule has 1 aromatic carbocycles. The van der Waals surface area contributed by atoms with Crippen molar-refractivity contribution in [2.24, 2.45) is 0 Å². The molecule has 0 aromatic heterocycles. The van der Waals surface area contributed by atoms with Crippen LogP contribution in [0.25, 0.3) is 0 Å². The number of hydrogen-bond acceptors (Lipinski definition) is 4. The quantitative estimate of drug-likeness (QED) is 0.861. The third-order valence-corrected chi connectivity index (χ3v) is 2.70. The van der Waals surface area contributed by atoms with Gasteiger partial charge in [-0.15, -0.1) is 0 Å². The number of alkyl halides is 2. The summed E-state index contributed by atoms with van der Waals surface area (Å²) >= 11 is 0. The number of hydrogen-bond donors (Lipinski definition) is 1. The summed E-state index contributed by atoms with van der Waals surface area (Å²) in [4.78, 5) is 27.8. The second-order valence-electron chi connectivity index (χ2n) is 5.77. The highest BCUT2D eigenvalue weighted by molar-refractivity contribution is 5.87. The number of likely N-dealkylation sites (N-methyl/N-ethyl adjacent to an activating group) is 1. The number of nitrogens with zero attached hydrogens (tertiary/aromatic N) is 1. The molecule has 6 nitrogen and oxygen atoms in total. The SMILES string of the molecule is CON(C)C(=O)C(F)(F)c1cccc(NC(=O)OC(C)(C)C)c1. The Morgan fingerprint density at radius 1 is 1.22 bits per heavy atom. The predicted octanol–water partition coefficient (Wildman–Crippen LogP) is 3.15. The summed E-state index contributed by atoms with van der Waals surface area (Å²) in [6.07, 6.45) is -0.779. The molecule has 0 bridgehead atoms. The summed E-state index contributed by atoms with van der Waals surface area (Å²) in [5.41, 5.74) is -1.20. The molecule has 0 atom stereocenters. The van der Waals surface area contributed by atoms with Crippen LogP contribution in [0.3, 0.4) is 0 Å². The zero-order valence-electron chi connectivity index (χ0n) is 13.6. The van der Waals surface area contributed by atoms with E-state index in [2.05, 4.69) is 10.2 Å². The van der Waals surface area contributed by atoms with E-state index in [4.69, 9.17) is 4.74 Å². The Balaban J connectivity index is 2.96. The molecular weight excluding hydrogens is 310 g/mol. The molecule has 0 aliphatic carbocycles. The van der Waals surface area contributed by atoms with Gasteiger partial charge in [-0.2, -0.15) is 8.78 Å². The van der Waals surface area contributed by atoms with Crippen molar-refractivity contribution in [3.63, 3.8) is 0 Å². The number of benzene rings is 1. The van der Waals surface area contributed by atoms with Gasteiger partial charge in [0.1, 0.15) is 5.60 Å². The lowest BCUT2D eigenvalue weighted by molar-refractivity contribution is -0.195. The van der Waals surface area contributed by atoms with Crippen LogP contribution in [0.5, 0.6) is 0 Å². The monoisotopic (exact) mass is 330 g/mol. The Morgan fingerprint density at radius 3 is 2.35 bits per heavy atom. The van der Waals surface area contributed by atoms with Gasteiger partial charge in [-0.3, -0.25) is 14.9 Å². The first kappa shape index (κ1) is 18.8. The molecule has 8 heteroatoms. The highest BCUT2D eigenvalue weighted by Gasteiger charge is 2.43. The molecule has 0 saturated heterocycles. The first-order valence-electron chi connectivity index (χ1n) is 6.78. The third-order valence-electron chi connectivity index (χ3n) is 2.70. The van der Waals surface area contributed by atoms with Crippen LogP contribution in [0.2, 0.25) is 0 Å². The lowest BCUT2D eigenvalue weighted by Crippen LogP contribution is -2.39. The number of ether oxygens (including phenoxy) is 1. The Kier molecular flexibility index (Phi) is 5.65. The molecule has 1 N–H and O–H groups in total. The van der Waals surface area contributed by atoms with Gasteiger partial charge in [-0.25, -0.2) is 9.86 Å². The molecule has 0 unspecified atom stereocenters. The van der Waals surface area contributed by atoms with E-state index in [0.29, 0.717) is 5.06 Å². The molecule has 0 saturated carbocycles. The van der Waals surface area contributed by atoms with Gasteiger partial charge < -0.3 is 4.74 Å². The fourth-order valence-corrected chi connectivity index (χ4v) is 1.62. The van der Waals surface area contributed by atoms with E-state index in [1.54, 1.807) is 20.8 Å². The van der Waals surface area contributed by atoms with Crippen molar-refractivity contribution in [2.45, 2.75) is 32.3 Å². The fraction of sp³-hybridized carbons (Fsp3) is 0.467. The van der Waals surface area contributed by atoms with Crippen LogP contribution in [0.4, 0.5) is 19.3 Å². The van der Waals surface area contributed by atoms with E-state index in [1.807, 2.05) is 0 Å². The standard InChI is InChI=1S/C15H20F2N2O4/c1-14(2,3)23-13(21)18-11-8-6-7-10(9-11)15(16,17)12(20)19(4)22-5/h6-9H,1-5H3,(H,18,21). The minimum absolute atomic E-state index is 0.0873. The molecular formula is C15H20F2N2O4. The maximum atomic E-state index is 14.2. The lowest BCUT2D eigenvalue weighted by Gasteiger charge is -2.22. The van der Waals surface area contributed by atoms with Gasteiger partial charge in [0.25, 0.3) is 0 Å². The fourth-order valence-electron chi connectivity index (χ4n) is 1.62. The zero-order valence-corrected chi connectivity index (χ0v) is 13.6. The van der Waals surface area contributed by atoms with Crippen LogP contribution < -0.4 is 5.32 Å². The normalized spacial score (nSPS) is 11.8. The van der Waals surface area contributed by atoms with Crippen molar-refractivity contribution in [1.29, 1.82) is 0 Å². The minimum atomic E-state index is -3.80. The topological polar surface area (TPSA) is 67.9 Å². The highest BCUT2D eigenvalue weighted by atomic mass is 19.3. The number of amides is 2. The number of anilines is 1.